The van der Waals surface area contributed by atoms with Crippen LogP contribution < -0.4 is 11.1 Å². The highest BCUT2D eigenvalue weighted by atomic mass is 32.1. The molecule has 3 amide bonds. The lowest BCUT2D eigenvalue weighted by atomic mass is 9.84. The van der Waals surface area contributed by atoms with E-state index >= 15 is 0 Å². The minimum absolute atomic E-state index is 0.106. The Kier molecular flexibility index (Phi) is 3.79. The van der Waals surface area contributed by atoms with Gasteiger partial charge in [0.2, 0.25) is 0 Å². The number of nitrogens with two attached hydrogens (primary N) is 1. The highest BCUT2D eigenvalue weighted by Crippen LogP contribution is 2.33. The summed E-state index contributed by atoms with van der Waals surface area (Å²) in [5.74, 6) is -0.137. The molecule has 1 aliphatic heterocycles. The highest BCUT2D eigenvalue weighted by Gasteiger charge is 2.50. The number of amides is 3. The Labute approximate surface area is 127 Å². The molecular weight excluding hydrogens is 290 g/mol. The van der Waals surface area contributed by atoms with Crippen LogP contribution in [0.1, 0.15) is 50.6 Å². The van der Waals surface area contributed by atoms with Gasteiger partial charge in [0.1, 0.15) is 16.2 Å². The summed E-state index contributed by atoms with van der Waals surface area (Å²) in [6.45, 7) is 0.106. The van der Waals surface area contributed by atoms with E-state index in [0.29, 0.717) is 10.7 Å². The maximum absolute atomic E-state index is 12.8. The number of hydrogen-bond acceptors (Lipinski definition) is 6. The third kappa shape index (κ3) is 2.59. The SMILES string of the molecule is Nc1snnc1CN1C(=O)NC2(CCCCCCC2)C1=O. The van der Waals surface area contributed by atoms with E-state index in [1.165, 1.54) is 11.3 Å². The van der Waals surface area contributed by atoms with Crippen LogP contribution in [0.5, 0.6) is 0 Å². The van der Waals surface area contributed by atoms with Gasteiger partial charge in [-0.25, -0.2) is 4.79 Å². The zero-order valence-corrected chi connectivity index (χ0v) is 12.6. The van der Waals surface area contributed by atoms with Crippen LogP contribution >= 0.6 is 11.5 Å². The molecule has 1 saturated heterocycles. The number of carbonyl (C=O) groups is 2. The lowest BCUT2D eigenvalue weighted by Crippen LogP contribution is -2.47. The van der Waals surface area contributed by atoms with Crippen LogP contribution in [-0.2, 0) is 11.3 Å². The Morgan fingerprint density at radius 1 is 1.19 bits per heavy atom. The number of nitrogens with one attached hydrogen (secondary N) is 1. The van der Waals surface area contributed by atoms with Crippen LogP contribution in [-0.4, -0.2) is 32.0 Å². The maximum Gasteiger partial charge on any atom is 0.325 e. The van der Waals surface area contributed by atoms with Gasteiger partial charge in [0, 0.05) is 11.5 Å². The molecule has 0 atom stereocenters. The smallest absolute Gasteiger partial charge is 0.325 e. The van der Waals surface area contributed by atoms with Crippen LogP contribution in [0, 0.1) is 0 Å². The van der Waals surface area contributed by atoms with Crippen molar-refractivity contribution in [2.45, 2.75) is 57.0 Å². The number of nitrogens with zero attached hydrogens (tertiary/aromatic N) is 3. The van der Waals surface area contributed by atoms with E-state index in [9.17, 15) is 9.59 Å². The van der Waals surface area contributed by atoms with Gasteiger partial charge in [-0.1, -0.05) is 36.6 Å². The predicted octanol–water partition coefficient (Wildman–Crippen LogP) is 1.66. The third-order valence-electron chi connectivity index (χ3n) is 4.35. The molecule has 0 aromatic carbocycles. The van der Waals surface area contributed by atoms with Crippen molar-refractivity contribution in [3.63, 3.8) is 0 Å². The molecule has 2 fully saturated rings. The molecule has 0 radical (unpaired) electrons. The lowest BCUT2D eigenvalue weighted by molar-refractivity contribution is -0.132. The molecule has 1 aliphatic carbocycles. The molecule has 0 unspecified atom stereocenters. The van der Waals surface area contributed by atoms with E-state index in [2.05, 4.69) is 14.9 Å². The molecule has 1 aromatic heterocycles. The number of hydrogen-bond donors (Lipinski definition) is 2. The number of anilines is 1. The van der Waals surface area contributed by atoms with Crippen molar-refractivity contribution < 1.29 is 9.59 Å². The van der Waals surface area contributed by atoms with Gasteiger partial charge in [-0.15, -0.1) is 5.10 Å². The standard InChI is InChI=1S/C13H19N5O2S/c14-10-9(16-17-21-10)8-18-11(19)13(15-12(18)20)6-4-2-1-3-5-7-13/h1-8,14H2,(H,15,20). The molecule has 3 rings (SSSR count). The molecule has 2 heterocycles. The Morgan fingerprint density at radius 2 is 1.86 bits per heavy atom. The van der Waals surface area contributed by atoms with Gasteiger partial charge in [0.15, 0.2) is 0 Å². The monoisotopic (exact) mass is 309 g/mol. The third-order valence-corrected chi connectivity index (χ3v) is 4.94. The second kappa shape index (κ2) is 5.59. The number of imide groups is 1. The summed E-state index contributed by atoms with van der Waals surface area (Å²) < 4.78 is 3.74. The van der Waals surface area contributed by atoms with E-state index in [1.54, 1.807) is 0 Å². The molecule has 3 N–H and O–H groups in total. The van der Waals surface area contributed by atoms with Gasteiger partial charge in [-0.3, -0.25) is 9.69 Å². The highest BCUT2D eigenvalue weighted by molar-refractivity contribution is 7.09. The zero-order valence-electron chi connectivity index (χ0n) is 11.8. The van der Waals surface area contributed by atoms with Crippen LogP contribution in [0.2, 0.25) is 0 Å². The van der Waals surface area contributed by atoms with Gasteiger partial charge in [0.05, 0.1) is 6.54 Å². The van der Waals surface area contributed by atoms with Crippen LogP contribution in [0.3, 0.4) is 0 Å². The van der Waals surface area contributed by atoms with Crippen molar-refractivity contribution in [2.75, 3.05) is 5.73 Å². The van der Waals surface area contributed by atoms with E-state index in [-0.39, 0.29) is 18.5 Å². The van der Waals surface area contributed by atoms with E-state index in [1.807, 2.05) is 0 Å². The van der Waals surface area contributed by atoms with E-state index in [0.717, 1.165) is 50.1 Å². The molecule has 1 saturated carbocycles. The Morgan fingerprint density at radius 3 is 2.48 bits per heavy atom. The molecule has 7 nitrogen and oxygen atoms in total. The summed E-state index contributed by atoms with van der Waals surface area (Å²) in [7, 11) is 0. The number of rotatable bonds is 2. The molecule has 114 valence electrons. The first-order valence-electron chi connectivity index (χ1n) is 7.33. The van der Waals surface area contributed by atoms with Gasteiger partial charge < -0.3 is 11.1 Å². The summed E-state index contributed by atoms with van der Waals surface area (Å²) in [6.07, 6.45) is 6.84. The first-order valence-corrected chi connectivity index (χ1v) is 8.10. The van der Waals surface area contributed by atoms with Gasteiger partial charge >= 0.3 is 6.03 Å². The molecule has 2 aliphatic rings. The van der Waals surface area contributed by atoms with Crippen molar-refractivity contribution in [3.8, 4) is 0 Å². The Balaban J connectivity index is 1.79. The second-order valence-electron chi connectivity index (χ2n) is 5.76. The average molecular weight is 309 g/mol. The first-order chi connectivity index (χ1) is 10.1. The number of aromatic nitrogens is 2. The summed E-state index contributed by atoms with van der Waals surface area (Å²) in [6, 6.07) is -0.340. The Hall–Kier alpha value is -1.70. The number of urea groups is 1. The number of nitrogen functional groups attached to an aromatic ring is 1. The summed E-state index contributed by atoms with van der Waals surface area (Å²) in [5, 5.41) is 7.26. The van der Waals surface area contributed by atoms with Crippen molar-refractivity contribution in [1.82, 2.24) is 19.8 Å². The quantitative estimate of drug-likeness (QED) is 0.809. The topological polar surface area (TPSA) is 101 Å². The molecule has 0 bridgehead atoms. The van der Waals surface area contributed by atoms with Gasteiger partial charge in [0.25, 0.3) is 5.91 Å². The zero-order chi connectivity index (χ0) is 14.9. The Bertz CT molecular complexity index is 551. The van der Waals surface area contributed by atoms with Crippen molar-refractivity contribution in [3.05, 3.63) is 5.69 Å². The normalized spacial score (nSPS) is 22.2. The molecule has 8 heteroatoms. The lowest BCUT2D eigenvalue weighted by Gasteiger charge is -2.28. The minimum Gasteiger partial charge on any atom is -0.388 e. The van der Waals surface area contributed by atoms with Crippen LogP contribution in [0.4, 0.5) is 9.80 Å². The average Bonchev–Trinajstić information content (AvgIpc) is 2.92. The van der Waals surface area contributed by atoms with Gasteiger partial charge in [-0.05, 0) is 12.8 Å². The van der Waals surface area contributed by atoms with Crippen LogP contribution in [0.15, 0.2) is 0 Å². The van der Waals surface area contributed by atoms with E-state index < -0.39 is 5.54 Å². The fourth-order valence-electron chi connectivity index (χ4n) is 3.14. The largest absolute Gasteiger partial charge is 0.388 e. The predicted molar refractivity (Wildman–Crippen MR) is 78.5 cm³/mol. The summed E-state index contributed by atoms with van der Waals surface area (Å²) in [4.78, 5) is 26.2. The minimum atomic E-state index is -0.713. The fraction of sp³-hybridized carbons (Fsp3) is 0.692. The van der Waals surface area contributed by atoms with Crippen LogP contribution in [0.25, 0.3) is 0 Å². The summed E-state index contributed by atoms with van der Waals surface area (Å²) >= 11 is 1.07. The van der Waals surface area contributed by atoms with Gasteiger partial charge in [-0.2, -0.15) is 0 Å². The van der Waals surface area contributed by atoms with E-state index in [4.69, 9.17) is 5.73 Å². The van der Waals surface area contributed by atoms with Crippen molar-refractivity contribution in [2.24, 2.45) is 0 Å². The number of carbonyl (C=O) groups excluding carboxylic acids is 2. The molecular formula is C13H19N5O2S. The van der Waals surface area contributed by atoms with Crippen molar-refractivity contribution >= 4 is 28.5 Å². The summed E-state index contributed by atoms with van der Waals surface area (Å²) in [5.41, 5.74) is 5.53. The molecule has 1 aromatic rings. The molecule has 1 spiro atoms. The second-order valence-corrected chi connectivity index (χ2v) is 6.54. The maximum atomic E-state index is 12.8. The first kappa shape index (κ1) is 14.2. The van der Waals surface area contributed by atoms with Crippen molar-refractivity contribution in [1.29, 1.82) is 0 Å². The fourth-order valence-corrected chi connectivity index (χ4v) is 3.58. The molecule has 21 heavy (non-hydrogen) atoms.